The summed E-state index contributed by atoms with van der Waals surface area (Å²) in [6.45, 7) is 6.80. The molecule has 0 spiro atoms. The Morgan fingerprint density at radius 2 is 2.05 bits per heavy atom. The van der Waals surface area contributed by atoms with Crippen LogP contribution in [0.5, 0.6) is 11.5 Å². The minimum atomic E-state index is -0.998. The molecule has 1 N–H and O–H groups in total. The first-order valence-electron chi connectivity index (χ1n) is 6.47. The van der Waals surface area contributed by atoms with Crippen molar-refractivity contribution in [1.29, 1.82) is 0 Å². The Hall–Kier alpha value is -2.23. The molecule has 0 radical (unpaired) electrons. The second-order valence-electron chi connectivity index (χ2n) is 4.37. The lowest BCUT2D eigenvalue weighted by molar-refractivity contribution is -0.131. The molecule has 0 saturated heterocycles. The number of hydrogen-bond donors (Lipinski definition) is 1. The summed E-state index contributed by atoms with van der Waals surface area (Å²) in [5.41, 5.74) is 1.84. The molecule has 1 aromatic rings. The number of hydrogen-bond acceptors (Lipinski definition) is 3. The summed E-state index contributed by atoms with van der Waals surface area (Å²) in [5, 5.41) is 8.72. The highest BCUT2D eigenvalue weighted by Gasteiger charge is 2.09. The number of allylic oxidation sites excluding steroid dienone is 1. The first-order valence-corrected chi connectivity index (χ1v) is 6.47. The summed E-state index contributed by atoms with van der Waals surface area (Å²) < 4.78 is 11.2. The van der Waals surface area contributed by atoms with Gasteiger partial charge >= 0.3 is 5.97 Å². The number of rotatable bonds is 7. The van der Waals surface area contributed by atoms with E-state index < -0.39 is 5.97 Å². The van der Waals surface area contributed by atoms with Crippen molar-refractivity contribution in [3.05, 3.63) is 41.5 Å². The van der Waals surface area contributed by atoms with Gasteiger partial charge in [-0.05, 0) is 39.0 Å². The molecule has 0 aromatic heterocycles. The summed E-state index contributed by atoms with van der Waals surface area (Å²) in [5.74, 6) is 0.175. The van der Waals surface area contributed by atoms with Gasteiger partial charge in [0.25, 0.3) is 0 Å². The first-order chi connectivity index (χ1) is 9.54. The molecule has 4 nitrogen and oxygen atoms in total. The number of carbonyl (C=O) groups is 1. The van der Waals surface area contributed by atoms with Gasteiger partial charge in [-0.1, -0.05) is 17.7 Å². The molecule has 108 valence electrons. The predicted octanol–water partition coefficient (Wildman–Crippen LogP) is 3.53. The molecule has 0 aliphatic carbocycles. The molecule has 0 heterocycles. The van der Waals surface area contributed by atoms with E-state index >= 15 is 0 Å². The highest BCUT2D eigenvalue weighted by atomic mass is 16.5. The van der Waals surface area contributed by atoms with Crippen LogP contribution in [0.4, 0.5) is 0 Å². The zero-order chi connectivity index (χ0) is 15.0. The van der Waals surface area contributed by atoms with Crippen molar-refractivity contribution in [2.24, 2.45) is 0 Å². The van der Waals surface area contributed by atoms with E-state index in [1.54, 1.807) is 18.2 Å². The highest BCUT2D eigenvalue weighted by molar-refractivity contribution is 5.86. The Morgan fingerprint density at radius 1 is 1.30 bits per heavy atom. The molecule has 0 bridgehead atoms. The predicted molar refractivity (Wildman–Crippen MR) is 79.2 cm³/mol. The van der Waals surface area contributed by atoms with Crippen LogP contribution < -0.4 is 9.47 Å². The van der Waals surface area contributed by atoms with E-state index in [0.29, 0.717) is 30.3 Å². The second-order valence-corrected chi connectivity index (χ2v) is 4.37. The summed E-state index contributed by atoms with van der Waals surface area (Å²) in [4.78, 5) is 10.6. The lowest BCUT2D eigenvalue weighted by atomic mass is 10.1. The molecule has 1 rings (SSSR count). The number of ether oxygens (including phenoxy) is 2. The topological polar surface area (TPSA) is 55.8 Å². The van der Waals surface area contributed by atoms with Crippen LogP contribution in [0.15, 0.2) is 35.9 Å². The average Bonchev–Trinajstić information content (AvgIpc) is 2.38. The fourth-order valence-electron chi connectivity index (χ4n) is 1.54. The Balaban J connectivity index is 3.05. The Morgan fingerprint density at radius 3 is 2.65 bits per heavy atom. The molecule has 0 fully saturated rings. The minimum Gasteiger partial charge on any atom is -0.490 e. The Labute approximate surface area is 119 Å². The van der Waals surface area contributed by atoms with E-state index in [4.69, 9.17) is 14.6 Å². The Kier molecular flexibility index (Phi) is 6.37. The molecule has 20 heavy (non-hydrogen) atoms. The maximum atomic E-state index is 10.6. The van der Waals surface area contributed by atoms with Gasteiger partial charge < -0.3 is 14.6 Å². The molecule has 1 aromatic carbocycles. The van der Waals surface area contributed by atoms with Crippen molar-refractivity contribution in [2.75, 3.05) is 13.2 Å². The van der Waals surface area contributed by atoms with Crippen molar-refractivity contribution in [1.82, 2.24) is 0 Å². The van der Waals surface area contributed by atoms with Crippen molar-refractivity contribution >= 4 is 12.0 Å². The van der Waals surface area contributed by atoms with Crippen LogP contribution in [0, 0.1) is 0 Å². The minimum absolute atomic E-state index is 0.417. The van der Waals surface area contributed by atoms with Crippen molar-refractivity contribution in [2.45, 2.75) is 20.8 Å². The number of carboxylic acids is 1. The summed E-state index contributed by atoms with van der Waals surface area (Å²) in [6, 6.07) is 5.40. The van der Waals surface area contributed by atoms with E-state index in [0.717, 1.165) is 11.6 Å². The van der Waals surface area contributed by atoms with Gasteiger partial charge in [0.1, 0.15) is 6.61 Å². The number of carboxylic acid groups (broad SMARTS) is 1. The third kappa shape index (κ3) is 5.18. The van der Waals surface area contributed by atoms with E-state index in [1.807, 2.05) is 26.8 Å². The lowest BCUT2D eigenvalue weighted by Crippen LogP contribution is -2.01. The van der Waals surface area contributed by atoms with E-state index in [2.05, 4.69) is 0 Å². The van der Waals surface area contributed by atoms with Gasteiger partial charge in [-0.3, -0.25) is 0 Å². The molecule has 0 saturated carbocycles. The average molecular weight is 276 g/mol. The quantitative estimate of drug-likeness (QED) is 0.611. The molecular formula is C16H20O4. The van der Waals surface area contributed by atoms with Crippen molar-refractivity contribution in [3.63, 3.8) is 0 Å². The van der Waals surface area contributed by atoms with Gasteiger partial charge in [0.05, 0.1) is 6.61 Å². The van der Waals surface area contributed by atoms with Gasteiger partial charge in [-0.2, -0.15) is 0 Å². The van der Waals surface area contributed by atoms with E-state index in [9.17, 15) is 4.79 Å². The van der Waals surface area contributed by atoms with Crippen LogP contribution in [-0.4, -0.2) is 24.3 Å². The zero-order valence-corrected chi connectivity index (χ0v) is 12.1. The van der Waals surface area contributed by atoms with Crippen LogP contribution in [-0.2, 0) is 4.79 Å². The van der Waals surface area contributed by atoms with Crippen LogP contribution in [0.25, 0.3) is 6.08 Å². The smallest absolute Gasteiger partial charge is 0.328 e. The standard InChI is InChI=1S/C16H20O4/c1-4-19-14-7-5-6-13(8-9-15(17)18)16(14)20-11-10-12(2)3/h5-10H,4,11H2,1-3H3,(H,17,18)/b9-8+. The van der Waals surface area contributed by atoms with Crippen LogP contribution >= 0.6 is 0 Å². The molecule has 0 aliphatic heterocycles. The van der Waals surface area contributed by atoms with Gasteiger partial charge in [-0.15, -0.1) is 0 Å². The number of benzene rings is 1. The summed E-state index contributed by atoms with van der Waals surface area (Å²) >= 11 is 0. The number of para-hydroxylation sites is 1. The maximum Gasteiger partial charge on any atom is 0.328 e. The fraction of sp³-hybridized carbons (Fsp3) is 0.312. The molecular weight excluding hydrogens is 256 g/mol. The summed E-state index contributed by atoms with van der Waals surface area (Å²) in [7, 11) is 0. The fourth-order valence-corrected chi connectivity index (χ4v) is 1.54. The third-order valence-electron chi connectivity index (χ3n) is 2.43. The zero-order valence-electron chi connectivity index (χ0n) is 12.1. The molecule has 4 heteroatoms. The maximum absolute atomic E-state index is 10.6. The van der Waals surface area contributed by atoms with Crippen LogP contribution in [0.2, 0.25) is 0 Å². The SMILES string of the molecule is CCOc1cccc(/C=C/C(=O)O)c1OCC=C(C)C. The molecule has 0 aliphatic rings. The van der Waals surface area contributed by atoms with Crippen molar-refractivity contribution in [3.8, 4) is 11.5 Å². The van der Waals surface area contributed by atoms with Gasteiger partial charge in [0, 0.05) is 11.6 Å². The highest BCUT2D eigenvalue weighted by Crippen LogP contribution is 2.32. The van der Waals surface area contributed by atoms with Crippen molar-refractivity contribution < 1.29 is 19.4 Å². The van der Waals surface area contributed by atoms with E-state index in [1.165, 1.54) is 6.08 Å². The van der Waals surface area contributed by atoms with E-state index in [-0.39, 0.29) is 0 Å². The van der Waals surface area contributed by atoms with Crippen LogP contribution in [0.3, 0.4) is 0 Å². The monoisotopic (exact) mass is 276 g/mol. The molecule has 0 amide bonds. The van der Waals surface area contributed by atoms with Crippen LogP contribution in [0.1, 0.15) is 26.3 Å². The molecule has 0 atom stereocenters. The third-order valence-corrected chi connectivity index (χ3v) is 2.43. The lowest BCUT2D eigenvalue weighted by Gasteiger charge is -2.13. The van der Waals surface area contributed by atoms with Gasteiger partial charge in [0.15, 0.2) is 11.5 Å². The Bertz CT molecular complexity index is 511. The van der Waals surface area contributed by atoms with Gasteiger partial charge in [-0.25, -0.2) is 4.79 Å². The summed E-state index contributed by atoms with van der Waals surface area (Å²) in [6.07, 6.45) is 4.54. The normalized spacial score (nSPS) is 10.3. The second kappa shape index (κ2) is 8.04. The molecule has 0 unspecified atom stereocenters. The first kappa shape index (κ1) is 15.8. The largest absolute Gasteiger partial charge is 0.490 e. The van der Waals surface area contributed by atoms with Gasteiger partial charge in [0.2, 0.25) is 0 Å². The number of aliphatic carboxylic acids is 1.